The van der Waals surface area contributed by atoms with E-state index < -0.39 is 0 Å². The second kappa shape index (κ2) is 4.15. The van der Waals surface area contributed by atoms with Gasteiger partial charge in [0.2, 0.25) is 0 Å². The normalized spacial score (nSPS) is 11.4. The number of aliphatic imine (C=N–C) groups is 1. The molecule has 1 nitrogen and oxygen atoms in total. The summed E-state index contributed by atoms with van der Waals surface area (Å²) in [5, 5.41) is 0. The van der Waals surface area contributed by atoms with E-state index in [0.29, 0.717) is 0 Å². The van der Waals surface area contributed by atoms with Crippen molar-refractivity contribution >= 4 is 6.21 Å². The third kappa shape index (κ3) is 4.58. The van der Waals surface area contributed by atoms with Gasteiger partial charge in [0.1, 0.15) is 0 Å². The lowest BCUT2D eigenvalue weighted by atomic mass is 9.88. The molecular formula is C10H17N. The highest BCUT2D eigenvalue weighted by molar-refractivity contribution is 5.70. The minimum Gasteiger partial charge on any atom is -0.296 e. The molecule has 0 spiro atoms. The lowest BCUT2D eigenvalue weighted by Gasteiger charge is -2.16. The summed E-state index contributed by atoms with van der Waals surface area (Å²) in [5.74, 6) is 0. The van der Waals surface area contributed by atoms with Crippen LogP contribution < -0.4 is 0 Å². The Morgan fingerprint density at radius 2 is 1.91 bits per heavy atom. The Hall–Kier alpha value is -0.810. The van der Waals surface area contributed by atoms with E-state index >= 15 is 0 Å². The van der Waals surface area contributed by atoms with Crippen molar-refractivity contribution in [2.24, 2.45) is 10.4 Å². The molecule has 0 rings (SSSR count). The van der Waals surface area contributed by atoms with Crippen molar-refractivity contribution in [2.75, 3.05) is 7.05 Å². The Kier molecular flexibility index (Phi) is 3.84. The molecule has 0 unspecified atom stereocenters. The fourth-order valence-corrected chi connectivity index (χ4v) is 0.453. The van der Waals surface area contributed by atoms with Gasteiger partial charge in [-0.25, -0.2) is 0 Å². The molecule has 0 fully saturated rings. The maximum atomic E-state index is 3.83. The summed E-state index contributed by atoms with van der Waals surface area (Å²) in [4.78, 5) is 3.83. The first-order chi connectivity index (χ1) is 4.98. The molecule has 0 saturated heterocycles. The molecule has 0 aliphatic rings. The molecule has 0 N–H and O–H groups in total. The van der Waals surface area contributed by atoms with Gasteiger partial charge in [-0.15, -0.1) is 5.73 Å². The molecule has 0 aliphatic carbocycles. The van der Waals surface area contributed by atoms with Gasteiger partial charge >= 0.3 is 0 Å². The van der Waals surface area contributed by atoms with Crippen molar-refractivity contribution in [1.29, 1.82) is 0 Å². The third-order valence-electron chi connectivity index (χ3n) is 1.65. The smallest absolute Gasteiger partial charge is 0.0285 e. The molecule has 0 aromatic carbocycles. The molecule has 62 valence electrons. The molecule has 0 saturated carbocycles. The van der Waals surface area contributed by atoms with Crippen molar-refractivity contribution in [2.45, 2.75) is 27.7 Å². The molecule has 1 heteroatoms. The van der Waals surface area contributed by atoms with Crippen LogP contribution in [0.2, 0.25) is 0 Å². The van der Waals surface area contributed by atoms with Crippen molar-refractivity contribution in [3.05, 3.63) is 17.4 Å². The zero-order valence-corrected chi connectivity index (χ0v) is 8.10. The molecule has 0 radical (unpaired) electrons. The van der Waals surface area contributed by atoms with Gasteiger partial charge in [-0.3, -0.25) is 4.99 Å². The van der Waals surface area contributed by atoms with Crippen LogP contribution in [-0.4, -0.2) is 13.3 Å². The molecule has 0 aromatic rings. The second-order valence-corrected chi connectivity index (χ2v) is 3.59. The van der Waals surface area contributed by atoms with E-state index in [9.17, 15) is 0 Å². The first kappa shape index (κ1) is 10.2. The van der Waals surface area contributed by atoms with Gasteiger partial charge in [0.15, 0.2) is 0 Å². The number of hydrogen-bond acceptors (Lipinski definition) is 1. The second-order valence-electron chi connectivity index (χ2n) is 3.59. The maximum Gasteiger partial charge on any atom is 0.0285 e. The first-order valence-electron chi connectivity index (χ1n) is 3.83. The summed E-state index contributed by atoms with van der Waals surface area (Å²) < 4.78 is 0. The van der Waals surface area contributed by atoms with Gasteiger partial charge in [-0.05, 0) is 24.0 Å². The Morgan fingerprint density at radius 3 is 2.27 bits per heavy atom. The zero-order chi connectivity index (χ0) is 8.91. The predicted molar refractivity (Wildman–Crippen MR) is 51.1 cm³/mol. The van der Waals surface area contributed by atoms with Gasteiger partial charge in [0.25, 0.3) is 0 Å². The van der Waals surface area contributed by atoms with Crippen LogP contribution in [-0.2, 0) is 0 Å². The molecule has 0 aliphatic heterocycles. The highest BCUT2D eigenvalue weighted by atomic mass is 14.6. The van der Waals surface area contributed by atoms with Crippen LogP contribution in [0.5, 0.6) is 0 Å². The summed E-state index contributed by atoms with van der Waals surface area (Å²) in [6.07, 6.45) is 3.59. The zero-order valence-electron chi connectivity index (χ0n) is 8.10. The van der Waals surface area contributed by atoms with E-state index in [1.807, 2.05) is 6.08 Å². The van der Waals surface area contributed by atoms with E-state index in [-0.39, 0.29) is 5.41 Å². The molecule has 0 aromatic heterocycles. The molecule has 0 bridgehead atoms. The van der Waals surface area contributed by atoms with Crippen LogP contribution in [0.25, 0.3) is 0 Å². The van der Waals surface area contributed by atoms with Crippen molar-refractivity contribution in [3.63, 3.8) is 0 Å². The quantitative estimate of drug-likeness (QED) is 0.403. The van der Waals surface area contributed by atoms with E-state index in [1.165, 1.54) is 5.57 Å². The van der Waals surface area contributed by atoms with Crippen molar-refractivity contribution < 1.29 is 0 Å². The van der Waals surface area contributed by atoms with Gasteiger partial charge in [-0.2, -0.15) is 0 Å². The Bertz CT molecular complexity index is 197. The topological polar surface area (TPSA) is 12.4 Å². The fourth-order valence-electron chi connectivity index (χ4n) is 0.453. The fraction of sp³-hybridized carbons (Fsp3) is 0.600. The van der Waals surface area contributed by atoms with Crippen molar-refractivity contribution in [3.8, 4) is 0 Å². The number of rotatable bonds is 1. The van der Waals surface area contributed by atoms with Gasteiger partial charge in [-0.1, -0.05) is 20.8 Å². The first-order valence-corrected chi connectivity index (χ1v) is 3.83. The number of nitrogens with zero attached hydrogens (tertiary/aromatic N) is 1. The van der Waals surface area contributed by atoms with Crippen LogP contribution in [0.1, 0.15) is 27.7 Å². The lowest BCUT2D eigenvalue weighted by Crippen LogP contribution is -2.04. The SMILES string of the molecule is C/N=C\C=C=C(C)C(C)(C)C. The van der Waals surface area contributed by atoms with Crippen LogP contribution in [0.4, 0.5) is 0 Å². The minimum absolute atomic E-state index is 0.220. The average Bonchev–Trinajstić information content (AvgIpc) is 1.86. The van der Waals surface area contributed by atoms with Crippen LogP contribution in [0, 0.1) is 5.41 Å². The highest BCUT2D eigenvalue weighted by Gasteiger charge is 2.10. The Balaban J connectivity index is 4.46. The Labute approximate surface area is 69.5 Å². The van der Waals surface area contributed by atoms with Gasteiger partial charge in [0, 0.05) is 13.3 Å². The van der Waals surface area contributed by atoms with E-state index in [1.54, 1.807) is 13.3 Å². The van der Waals surface area contributed by atoms with Crippen molar-refractivity contribution in [1.82, 2.24) is 0 Å². The molecule has 0 amide bonds. The molecule has 0 heterocycles. The Morgan fingerprint density at radius 1 is 1.36 bits per heavy atom. The highest BCUT2D eigenvalue weighted by Crippen LogP contribution is 2.22. The van der Waals surface area contributed by atoms with Crippen LogP contribution in [0.15, 0.2) is 22.4 Å². The minimum atomic E-state index is 0.220. The molecule has 0 atom stereocenters. The standard InChI is InChI=1S/C10H17N/c1-9(10(2,3)4)7-6-8-11-5/h6,8H,1-5H3/b11-8-. The third-order valence-corrected chi connectivity index (χ3v) is 1.65. The number of allylic oxidation sites excluding steroid dienone is 1. The van der Waals surface area contributed by atoms with E-state index in [4.69, 9.17) is 0 Å². The molecular weight excluding hydrogens is 134 g/mol. The average molecular weight is 151 g/mol. The lowest BCUT2D eigenvalue weighted by molar-refractivity contribution is 0.505. The summed E-state index contributed by atoms with van der Waals surface area (Å²) in [6.45, 7) is 8.60. The van der Waals surface area contributed by atoms with Crippen LogP contribution >= 0.6 is 0 Å². The number of hydrogen-bond donors (Lipinski definition) is 0. The van der Waals surface area contributed by atoms with Gasteiger partial charge < -0.3 is 0 Å². The van der Waals surface area contributed by atoms with E-state index in [0.717, 1.165) is 0 Å². The summed E-state index contributed by atoms with van der Waals surface area (Å²) in [6, 6.07) is 0. The van der Waals surface area contributed by atoms with Crippen LogP contribution in [0.3, 0.4) is 0 Å². The monoisotopic (exact) mass is 151 g/mol. The van der Waals surface area contributed by atoms with E-state index in [2.05, 4.69) is 38.4 Å². The summed E-state index contributed by atoms with van der Waals surface area (Å²) in [5.41, 5.74) is 4.63. The summed E-state index contributed by atoms with van der Waals surface area (Å²) in [7, 11) is 1.75. The predicted octanol–water partition coefficient (Wildman–Crippen LogP) is 2.83. The maximum absolute atomic E-state index is 3.83. The molecule has 11 heavy (non-hydrogen) atoms. The largest absolute Gasteiger partial charge is 0.296 e. The summed E-state index contributed by atoms with van der Waals surface area (Å²) >= 11 is 0. The van der Waals surface area contributed by atoms with Gasteiger partial charge in [0.05, 0.1) is 0 Å².